The molecule has 2 unspecified atom stereocenters. The zero-order valence-corrected chi connectivity index (χ0v) is 22.6. The van der Waals surface area contributed by atoms with Crippen LogP contribution in [0.3, 0.4) is 0 Å². The summed E-state index contributed by atoms with van der Waals surface area (Å²) in [5, 5.41) is 5.16. The number of rotatable bonds is 6. The van der Waals surface area contributed by atoms with Crippen molar-refractivity contribution in [2.75, 3.05) is 42.1 Å². The van der Waals surface area contributed by atoms with Gasteiger partial charge in [0.1, 0.15) is 5.82 Å². The second-order valence-corrected chi connectivity index (χ2v) is 12.2. The van der Waals surface area contributed by atoms with E-state index >= 15 is 0 Å². The van der Waals surface area contributed by atoms with Crippen LogP contribution in [0.15, 0.2) is 30.5 Å². The zero-order valence-electron chi connectivity index (χ0n) is 21.0. The monoisotopic (exact) mass is 545 g/mol. The smallest absolute Gasteiger partial charge is 0.256 e. The van der Waals surface area contributed by atoms with Crippen molar-refractivity contribution in [2.24, 2.45) is 11.7 Å². The Balaban J connectivity index is 1.47. The quantitative estimate of drug-likeness (QED) is 0.487. The van der Waals surface area contributed by atoms with Crippen LogP contribution in [-0.4, -0.2) is 66.3 Å². The van der Waals surface area contributed by atoms with Gasteiger partial charge in [-0.2, -0.15) is 5.10 Å². The van der Waals surface area contributed by atoms with Crippen molar-refractivity contribution in [3.8, 4) is 0 Å². The number of nitrogens with zero attached hydrogens (tertiary/aromatic N) is 5. The molecule has 0 saturated carbocycles. The molecule has 0 aliphatic carbocycles. The van der Waals surface area contributed by atoms with Gasteiger partial charge >= 0.3 is 0 Å². The Bertz CT molecular complexity index is 1440. The lowest BCUT2D eigenvalue weighted by atomic mass is 9.98. The van der Waals surface area contributed by atoms with E-state index < -0.39 is 10.0 Å². The second kappa shape index (κ2) is 10.1. The highest BCUT2D eigenvalue weighted by Gasteiger charge is 2.32. The molecule has 4 heterocycles. The van der Waals surface area contributed by atoms with Crippen LogP contribution in [-0.2, 0) is 10.0 Å². The Labute approximate surface area is 221 Å². The third-order valence-corrected chi connectivity index (χ3v) is 7.98. The molecule has 2 saturated heterocycles. The predicted octanol–water partition coefficient (Wildman–Crippen LogP) is 3.22. The van der Waals surface area contributed by atoms with E-state index in [1.165, 1.54) is 12.1 Å². The number of sulfonamides is 1. The number of aromatic nitrogens is 3. The fourth-order valence-corrected chi connectivity index (χ4v) is 6.09. The Hall–Kier alpha value is -2.89. The van der Waals surface area contributed by atoms with E-state index in [4.69, 9.17) is 27.4 Å². The number of benzene rings is 1. The van der Waals surface area contributed by atoms with Gasteiger partial charge in [-0.05, 0) is 63.3 Å². The molecule has 2 fully saturated rings. The number of likely N-dealkylation sites (tertiary alicyclic amines) is 1. The Morgan fingerprint density at radius 2 is 2.03 bits per heavy atom. The normalized spacial score (nSPS) is 20.5. The van der Waals surface area contributed by atoms with Crippen LogP contribution in [0.2, 0.25) is 5.02 Å². The summed E-state index contributed by atoms with van der Waals surface area (Å²) in [7, 11) is -3.58. The molecule has 3 N–H and O–H groups in total. The molecule has 1 amide bonds. The van der Waals surface area contributed by atoms with Crippen molar-refractivity contribution in [1.29, 1.82) is 0 Å². The van der Waals surface area contributed by atoms with Crippen LogP contribution < -0.4 is 15.4 Å². The summed E-state index contributed by atoms with van der Waals surface area (Å²) < 4.78 is 28.0. The molecule has 2 aliphatic rings. The zero-order chi connectivity index (χ0) is 26.3. The average molecular weight is 546 g/mol. The summed E-state index contributed by atoms with van der Waals surface area (Å²) in [4.78, 5) is 22.7. The van der Waals surface area contributed by atoms with Gasteiger partial charge in [-0.1, -0.05) is 11.6 Å². The number of fused-ring (bicyclic) bond motifs is 1. The van der Waals surface area contributed by atoms with E-state index in [-0.39, 0.29) is 23.2 Å². The van der Waals surface area contributed by atoms with Gasteiger partial charge in [-0.25, -0.2) is 17.9 Å². The number of nitrogens with two attached hydrogens (primary N) is 1. The van der Waals surface area contributed by atoms with Crippen molar-refractivity contribution >= 4 is 44.7 Å². The third kappa shape index (κ3) is 5.39. The summed E-state index contributed by atoms with van der Waals surface area (Å²) in [6, 6.07) is 6.27. The molecule has 1 aromatic carbocycles. The van der Waals surface area contributed by atoms with Gasteiger partial charge in [-0.3, -0.25) is 9.52 Å². The third-order valence-electron chi connectivity index (χ3n) is 7.16. The molecule has 2 aliphatic heterocycles. The lowest BCUT2D eigenvalue weighted by Crippen LogP contribution is -2.39. The summed E-state index contributed by atoms with van der Waals surface area (Å²) >= 11 is 6.20. The highest BCUT2D eigenvalue weighted by Crippen LogP contribution is 2.34. The van der Waals surface area contributed by atoms with E-state index in [0.29, 0.717) is 24.0 Å². The van der Waals surface area contributed by atoms with Crippen LogP contribution >= 0.6 is 11.6 Å². The first kappa shape index (κ1) is 25.7. The van der Waals surface area contributed by atoms with Gasteiger partial charge in [0.25, 0.3) is 5.91 Å². The van der Waals surface area contributed by atoms with E-state index in [9.17, 15) is 13.2 Å². The van der Waals surface area contributed by atoms with E-state index in [1.54, 1.807) is 15.5 Å². The van der Waals surface area contributed by atoms with E-state index in [2.05, 4.69) is 9.62 Å². The van der Waals surface area contributed by atoms with Crippen LogP contribution in [0.4, 0.5) is 11.5 Å². The molecule has 37 heavy (non-hydrogen) atoms. The number of carbonyl (C=O) groups excluding carboxylic acids is 1. The highest BCUT2D eigenvalue weighted by molar-refractivity contribution is 7.92. The molecular formula is C25H32ClN7O3S. The molecule has 198 valence electrons. The maximum atomic E-state index is 13.8. The summed E-state index contributed by atoms with van der Waals surface area (Å²) in [5.41, 5.74) is 8.83. The molecule has 10 nitrogen and oxygen atoms in total. The Morgan fingerprint density at radius 3 is 2.76 bits per heavy atom. The summed E-state index contributed by atoms with van der Waals surface area (Å²) in [6.07, 6.45) is 6.66. The van der Waals surface area contributed by atoms with Crippen molar-refractivity contribution in [2.45, 2.75) is 38.6 Å². The SMILES string of the molecule is Cc1cn2nc(C3CCCCN3C(=O)c3cc(Cl)ccc3NS(C)(=O)=O)cc2nc1N1CCC(CN)C1. The van der Waals surface area contributed by atoms with Gasteiger partial charge < -0.3 is 15.5 Å². The lowest BCUT2D eigenvalue weighted by molar-refractivity contribution is 0.0607. The van der Waals surface area contributed by atoms with Crippen LogP contribution in [0.5, 0.6) is 0 Å². The van der Waals surface area contributed by atoms with Crippen molar-refractivity contribution in [3.05, 3.63) is 52.3 Å². The lowest BCUT2D eigenvalue weighted by Gasteiger charge is -2.35. The fraction of sp³-hybridized carbons (Fsp3) is 0.480. The van der Waals surface area contributed by atoms with Crippen LogP contribution in [0, 0.1) is 12.8 Å². The molecule has 2 atom stereocenters. The second-order valence-electron chi connectivity index (χ2n) is 10.0. The number of amides is 1. The first-order valence-corrected chi connectivity index (χ1v) is 14.8. The van der Waals surface area contributed by atoms with E-state index in [1.807, 2.05) is 19.2 Å². The molecule has 12 heteroatoms. The van der Waals surface area contributed by atoms with Gasteiger partial charge in [-0.15, -0.1) is 0 Å². The van der Waals surface area contributed by atoms with Gasteiger partial charge in [0.05, 0.1) is 29.2 Å². The molecule has 2 aromatic heterocycles. The maximum Gasteiger partial charge on any atom is 0.256 e. The fourth-order valence-electron chi connectivity index (χ4n) is 5.34. The first-order valence-electron chi connectivity index (χ1n) is 12.5. The topological polar surface area (TPSA) is 126 Å². The van der Waals surface area contributed by atoms with E-state index in [0.717, 1.165) is 67.8 Å². The molecular weight excluding hydrogens is 514 g/mol. The number of piperidine rings is 1. The Kier molecular flexibility index (Phi) is 7.03. The number of nitrogens with one attached hydrogen (secondary N) is 1. The predicted molar refractivity (Wildman–Crippen MR) is 145 cm³/mol. The number of anilines is 2. The standard InChI is InChI=1S/C25H32ClN7O3S/c1-16-14-33-23(28-24(16)31-10-8-17(13-27)15-31)12-21(29-33)22-5-3-4-9-32(22)25(34)19-11-18(26)6-7-20(19)30-37(2,35)36/h6-7,11-12,14,17,22,30H,3-5,8-10,13,15,27H2,1-2H3. The molecule has 5 rings (SSSR count). The summed E-state index contributed by atoms with van der Waals surface area (Å²) in [5.74, 6) is 1.14. The van der Waals surface area contributed by atoms with Crippen LogP contribution in [0.25, 0.3) is 5.65 Å². The molecule has 0 radical (unpaired) electrons. The largest absolute Gasteiger partial charge is 0.356 e. The molecule has 3 aromatic rings. The highest BCUT2D eigenvalue weighted by atomic mass is 35.5. The van der Waals surface area contributed by atoms with Crippen molar-refractivity contribution in [1.82, 2.24) is 19.5 Å². The van der Waals surface area contributed by atoms with Gasteiger partial charge in [0, 0.05) is 42.5 Å². The minimum absolute atomic E-state index is 0.208. The van der Waals surface area contributed by atoms with Gasteiger partial charge in [0.2, 0.25) is 10.0 Å². The number of carbonyl (C=O) groups is 1. The maximum absolute atomic E-state index is 13.8. The van der Waals surface area contributed by atoms with Crippen molar-refractivity contribution in [3.63, 3.8) is 0 Å². The first-order chi connectivity index (χ1) is 17.6. The Morgan fingerprint density at radius 1 is 1.22 bits per heavy atom. The average Bonchev–Trinajstić information content (AvgIpc) is 3.50. The summed E-state index contributed by atoms with van der Waals surface area (Å²) in [6.45, 7) is 5.07. The molecule has 0 bridgehead atoms. The van der Waals surface area contributed by atoms with Gasteiger partial charge in [0.15, 0.2) is 5.65 Å². The molecule has 0 spiro atoms. The minimum Gasteiger partial charge on any atom is -0.356 e. The number of halogens is 1. The number of hydrogen-bond acceptors (Lipinski definition) is 7. The number of aryl methyl sites for hydroxylation is 1. The number of hydrogen-bond donors (Lipinski definition) is 2. The minimum atomic E-state index is -3.58. The van der Waals surface area contributed by atoms with Crippen LogP contribution in [0.1, 0.15) is 53.3 Å². The van der Waals surface area contributed by atoms with Crippen molar-refractivity contribution < 1.29 is 13.2 Å².